The molecule has 0 radical (unpaired) electrons. The maximum Gasteiger partial charge on any atom is 0.124 e. The third-order valence-corrected chi connectivity index (χ3v) is 2.55. The van der Waals surface area contributed by atoms with Crippen molar-refractivity contribution in [2.24, 2.45) is 5.41 Å². The molecule has 0 spiro atoms. The molecule has 3 heteroatoms. The quantitative estimate of drug-likeness (QED) is 0.609. The third-order valence-electron chi connectivity index (χ3n) is 2.55. The molecule has 1 aliphatic heterocycles. The van der Waals surface area contributed by atoms with Crippen molar-refractivity contribution in [3.63, 3.8) is 0 Å². The highest BCUT2D eigenvalue weighted by molar-refractivity contribution is 4.98. The molecule has 0 aromatic carbocycles. The second-order valence-corrected chi connectivity index (χ2v) is 4.67. The van der Waals surface area contributed by atoms with Crippen LogP contribution in [0, 0.1) is 5.41 Å². The molecule has 1 aliphatic rings. The lowest BCUT2D eigenvalue weighted by Gasteiger charge is -2.33. The first kappa shape index (κ1) is 8.75. The number of nitrogens with zero attached hydrogens (tertiary/aromatic N) is 2. The maximum atomic E-state index is 5.75. The van der Waals surface area contributed by atoms with E-state index in [0.29, 0.717) is 12.8 Å². The van der Waals surface area contributed by atoms with E-state index >= 15 is 0 Å². The van der Waals surface area contributed by atoms with Crippen molar-refractivity contribution < 1.29 is 4.74 Å². The zero-order valence-corrected chi connectivity index (χ0v) is 8.45. The highest BCUT2D eigenvalue weighted by atomic mass is 16.5. The molecule has 72 valence electrons. The molecule has 1 aromatic heterocycles. The Bertz CT molecular complexity index is 298. The zero-order valence-electron chi connectivity index (χ0n) is 8.45. The summed E-state index contributed by atoms with van der Waals surface area (Å²) < 4.78 is 7.81. The maximum absolute atomic E-state index is 5.75. The molecule has 2 rings (SSSR count). The van der Waals surface area contributed by atoms with Crippen LogP contribution in [-0.4, -0.2) is 15.7 Å². The van der Waals surface area contributed by atoms with Crippen LogP contribution in [0.15, 0.2) is 12.4 Å². The van der Waals surface area contributed by atoms with Crippen molar-refractivity contribution in [1.29, 1.82) is 0 Å². The van der Waals surface area contributed by atoms with Gasteiger partial charge in [0.2, 0.25) is 0 Å². The minimum Gasteiger partial charge on any atom is -0.356 e. The van der Waals surface area contributed by atoms with Gasteiger partial charge in [0.05, 0.1) is 6.10 Å². The first-order valence-corrected chi connectivity index (χ1v) is 4.69. The standard InChI is InChI=1S/C10H16N2O/c1-10(2,3)8-6-9-11-4-5-12(9)7-13-8/h4-5,8H,6-7H2,1-3H3. The van der Waals surface area contributed by atoms with Crippen LogP contribution in [0.25, 0.3) is 0 Å². The molecule has 0 fully saturated rings. The molecule has 1 aromatic rings. The lowest BCUT2D eigenvalue weighted by molar-refractivity contribution is -0.0704. The summed E-state index contributed by atoms with van der Waals surface area (Å²) in [7, 11) is 0. The first-order chi connectivity index (χ1) is 6.07. The largest absolute Gasteiger partial charge is 0.356 e. The van der Waals surface area contributed by atoms with E-state index in [-0.39, 0.29) is 5.41 Å². The van der Waals surface area contributed by atoms with Gasteiger partial charge in [-0.1, -0.05) is 20.8 Å². The minimum absolute atomic E-state index is 0.206. The summed E-state index contributed by atoms with van der Waals surface area (Å²) in [6.07, 6.45) is 5.02. The van der Waals surface area contributed by atoms with Crippen LogP contribution in [0.3, 0.4) is 0 Å². The Labute approximate surface area is 78.7 Å². The summed E-state index contributed by atoms with van der Waals surface area (Å²) in [5, 5.41) is 0. The fourth-order valence-corrected chi connectivity index (χ4v) is 1.60. The van der Waals surface area contributed by atoms with Crippen LogP contribution < -0.4 is 0 Å². The number of ether oxygens (including phenoxy) is 1. The minimum atomic E-state index is 0.206. The Morgan fingerprint density at radius 3 is 3.00 bits per heavy atom. The Morgan fingerprint density at radius 1 is 1.54 bits per heavy atom. The summed E-state index contributed by atoms with van der Waals surface area (Å²) in [6, 6.07) is 0. The average Bonchev–Trinajstić information content (AvgIpc) is 2.47. The van der Waals surface area contributed by atoms with Gasteiger partial charge in [-0.05, 0) is 5.41 Å². The normalized spacial score (nSPS) is 22.8. The summed E-state index contributed by atoms with van der Waals surface area (Å²) in [5.74, 6) is 1.14. The molecule has 0 saturated heterocycles. The van der Waals surface area contributed by atoms with Gasteiger partial charge in [-0.3, -0.25) is 0 Å². The summed E-state index contributed by atoms with van der Waals surface area (Å²) >= 11 is 0. The van der Waals surface area contributed by atoms with Crippen molar-refractivity contribution in [2.45, 2.75) is 40.0 Å². The van der Waals surface area contributed by atoms with Crippen LogP contribution >= 0.6 is 0 Å². The topological polar surface area (TPSA) is 27.1 Å². The SMILES string of the molecule is CC(C)(C)C1Cc2nccn2CO1. The molecule has 1 atom stereocenters. The van der Waals surface area contributed by atoms with E-state index in [1.807, 2.05) is 12.4 Å². The van der Waals surface area contributed by atoms with Crippen LogP contribution in [0.4, 0.5) is 0 Å². The molecule has 0 bridgehead atoms. The Kier molecular flexibility index (Phi) is 1.91. The van der Waals surface area contributed by atoms with Crippen molar-refractivity contribution in [2.75, 3.05) is 0 Å². The van der Waals surface area contributed by atoms with Gasteiger partial charge in [-0.2, -0.15) is 0 Å². The number of imidazole rings is 1. The first-order valence-electron chi connectivity index (χ1n) is 4.69. The molecule has 3 nitrogen and oxygen atoms in total. The van der Waals surface area contributed by atoms with Gasteiger partial charge in [-0.25, -0.2) is 4.98 Å². The highest BCUT2D eigenvalue weighted by Gasteiger charge is 2.29. The van der Waals surface area contributed by atoms with E-state index in [2.05, 4.69) is 30.3 Å². The van der Waals surface area contributed by atoms with Gasteiger partial charge in [0, 0.05) is 18.8 Å². The van der Waals surface area contributed by atoms with Gasteiger partial charge in [-0.15, -0.1) is 0 Å². The fourth-order valence-electron chi connectivity index (χ4n) is 1.60. The number of aromatic nitrogens is 2. The Morgan fingerprint density at radius 2 is 2.31 bits per heavy atom. The third kappa shape index (κ3) is 1.61. The molecule has 13 heavy (non-hydrogen) atoms. The molecule has 2 heterocycles. The van der Waals surface area contributed by atoms with E-state index in [1.54, 1.807) is 0 Å². The molecule has 0 N–H and O–H groups in total. The zero-order chi connectivity index (χ0) is 9.47. The Balaban J connectivity index is 2.18. The van der Waals surface area contributed by atoms with Gasteiger partial charge < -0.3 is 9.30 Å². The van der Waals surface area contributed by atoms with E-state index in [1.165, 1.54) is 0 Å². The number of hydrogen-bond acceptors (Lipinski definition) is 2. The second kappa shape index (κ2) is 2.84. The van der Waals surface area contributed by atoms with Crippen molar-refractivity contribution in [3.05, 3.63) is 18.2 Å². The monoisotopic (exact) mass is 180 g/mol. The number of rotatable bonds is 0. The predicted molar refractivity (Wildman–Crippen MR) is 50.3 cm³/mol. The fraction of sp³-hybridized carbons (Fsp3) is 0.700. The van der Waals surface area contributed by atoms with Crippen LogP contribution in [0.1, 0.15) is 26.6 Å². The molecular weight excluding hydrogens is 164 g/mol. The van der Waals surface area contributed by atoms with E-state index in [9.17, 15) is 0 Å². The molecule has 0 amide bonds. The van der Waals surface area contributed by atoms with Gasteiger partial charge in [0.1, 0.15) is 12.6 Å². The molecular formula is C10H16N2O. The molecule has 1 unspecified atom stereocenters. The smallest absolute Gasteiger partial charge is 0.124 e. The van der Waals surface area contributed by atoms with Gasteiger partial charge >= 0.3 is 0 Å². The van der Waals surface area contributed by atoms with Crippen LogP contribution in [0.2, 0.25) is 0 Å². The molecule has 0 saturated carbocycles. The highest BCUT2D eigenvalue weighted by Crippen LogP contribution is 2.27. The lowest BCUT2D eigenvalue weighted by atomic mass is 9.86. The van der Waals surface area contributed by atoms with E-state index in [4.69, 9.17) is 4.74 Å². The second-order valence-electron chi connectivity index (χ2n) is 4.67. The number of fused-ring (bicyclic) bond motifs is 1. The molecule has 0 aliphatic carbocycles. The summed E-state index contributed by atoms with van der Waals surface area (Å²) in [6.45, 7) is 7.26. The predicted octanol–water partition coefficient (Wildman–Crippen LogP) is 1.83. The van der Waals surface area contributed by atoms with Crippen LogP contribution in [-0.2, 0) is 17.9 Å². The Hall–Kier alpha value is -0.830. The van der Waals surface area contributed by atoms with Crippen molar-refractivity contribution in [3.8, 4) is 0 Å². The van der Waals surface area contributed by atoms with Gasteiger partial charge in [0.15, 0.2) is 0 Å². The average molecular weight is 180 g/mol. The van der Waals surface area contributed by atoms with E-state index in [0.717, 1.165) is 12.2 Å². The summed E-state index contributed by atoms with van der Waals surface area (Å²) in [5.41, 5.74) is 0.206. The number of hydrogen-bond donors (Lipinski definition) is 0. The summed E-state index contributed by atoms with van der Waals surface area (Å²) in [4.78, 5) is 4.30. The lowest BCUT2D eigenvalue weighted by Crippen LogP contribution is -2.36. The van der Waals surface area contributed by atoms with Crippen LogP contribution in [0.5, 0.6) is 0 Å². The van der Waals surface area contributed by atoms with Crippen molar-refractivity contribution in [1.82, 2.24) is 9.55 Å². The van der Waals surface area contributed by atoms with Gasteiger partial charge in [0.25, 0.3) is 0 Å². The van der Waals surface area contributed by atoms with Crippen molar-refractivity contribution >= 4 is 0 Å². The van der Waals surface area contributed by atoms with E-state index < -0.39 is 0 Å².